The van der Waals surface area contributed by atoms with E-state index in [-0.39, 0.29) is 18.1 Å². The van der Waals surface area contributed by atoms with Crippen LogP contribution in [0.2, 0.25) is 0 Å². The van der Waals surface area contributed by atoms with Crippen LogP contribution in [0.3, 0.4) is 0 Å². The van der Waals surface area contributed by atoms with Crippen molar-refractivity contribution in [3.05, 3.63) is 84.1 Å². The highest BCUT2D eigenvalue weighted by molar-refractivity contribution is 6.03. The van der Waals surface area contributed by atoms with E-state index in [1.807, 2.05) is 12.1 Å². The molecule has 3 heterocycles. The minimum Gasteiger partial charge on any atom is -0.353 e. The van der Waals surface area contributed by atoms with E-state index in [2.05, 4.69) is 31.0 Å². The lowest BCUT2D eigenvalue weighted by molar-refractivity contribution is -0.141. The molecule has 0 bridgehead atoms. The number of benzene rings is 1. The number of nitrogens with one attached hydrogen (secondary N) is 3. The smallest absolute Gasteiger partial charge is 0.353 e. The lowest BCUT2D eigenvalue weighted by atomic mass is 10.2. The molecule has 4 aromatic rings. The van der Waals surface area contributed by atoms with Crippen LogP contribution in [0.25, 0.3) is 10.9 Å². The number of rotatable bonds is 9. The van der Waals surface area contributed by atoms with Crippen molar-refractivity contribution in [2.75, 3.05) is 18.4 Å². The normalized spacial score (nSPS) is 11.4. The molecule has 12 heteroatoms. The summed E-state index contributed by atoms with van der Waals surface area (Å²) in [6, 6.07) is 11.8. The van der Waals surface area contributed by atoms with Crippen molar-refractivity contribution in [1.29, 1.82) is 0 Å². The number of hydrogen-bond donors (Lipinski definition) is 3. The average molecular weight is 497 g/mol. The second kappa shape index (κ2) is 11.0. The summed E-state index contributed by atoms with van der Waals surface area (Å²) in [5.74, 6) is -0.984. The maximum Gasteiger partial charge on any atom is 0.433 e. The summed E-state index contributed by atoms with van der Waals surface area (Å²) < 4.78 is 40.0. The molecule has 3 N–H and O–H groups in total. The van der Waals surface area contributed by atoms with Crippen LogP contribution in [0.4, 0.5) is 18.9 Å². The Morgan fingerprint density at radius 3 is 2.58 bits per heavy atom. The van der Waals surface area contributed by atoms with Crippen molar-refractivity contribution < 1.29 is 22.8 Å². The maximum absolute atomic E-state index is 12.9. The van der Waals surface area contributed by atoms with Crippen LogP contribution in [-0.4, -0.2) is 44.7 Å². The third-order valence-electron chi connectivity index (χ3n) is 5.09. The van der Waals surface area contributed by atoms with Gasteiger partial charge in [0, 0.05) is 49.3 Å². The van der Waals surface area contributed by atoms with Gasteiger partial charge in [0.05, 0.1) is 5.52 Å². The van der Waals surface area contributed by atoms with Gasteiger partial charge in [0.1, 0.15) is 17.9 Å². The summed E-state index contributed by atoms with van der Waals surface area (Å²) in [6.07, 6.45) is 0.441. The second-order valence-electron chi connectivity index (χ2n) is 7.84. The highest BCUT2D eigenvalue weighted by atomic mass is 19.4. The van der Waals surface area contributed by atoms with Gasteiger partial charge in [-0.15, -0.1) is 0 Å². The van der Waals surface area contributed by atoms with Crippen LogP contribution >= 0.6 is 0 Å². The first-order valence-corrected chi connectivity index (χ1v) is 11.0. The Morgan fingerprint density at radius 2 is 1.81 bits per heavy atom. The maximum atomic E-state index is 12.9. The van der Waals surface area contributed by atoms with Gasteiger partial charge in [0.2, 0.25) is 5.91 Å². The predicted molar refractivity (Wildman–Crippen MR) is 126 cm³/mol. The fourth-order valence-electron chi connectivity index (χ4n) is 3.38. The molecule has 0 fully saturated rings. The number of alkyl halides is 3. The summed E-state index contributed by atoms with van der Waals surface area (Å²) >= 11 is 0. The number of aromatic nitrogens is 4. The molecule has 36 heavy (non-hydrogen) atoms. The van der Waals surface area contributed by atoms with Crippen LogP contribution in [0.1, 0.15) is 21.7 Å². The van der Waals surface area contributed by atoms with Crippen LogP contribution < -0.4 is 16.0 Å². The van der Waals surface area contributed by atoms with Crippen molar-refractivity contribution in [2.45, 2.75) is 19.3 Å². The fourth-order valence-corrected chi connectivity index (χ4v) is 3.38. The zero-order chi connectivity index (χ0) is 25.5. The number of carbonyl (C=O) groups is 2. The van der Waals surface area contributed by atoms with E-state index in [4.69, 9.17) is 0 Å². The first-order chi connectivity index (χ1) is 17.3. The van der Waals surface area contributed by atoms with E-state index in [0.29, 0.717) is 36.2 Å². The molecule has 0 spiro atoms. The minimum absolute atomic E-state index is 0.00881. The van der Waals surface area contributed by atoms with Gasteiger partial charge in [-0.1, -0.05) is 6.07 Å². The number of anilines is 1. The highest BCUT2D eigenvalue weighted by Crippen LogP contribution is 2.27. The molecule has 186 valence electrons. The van der Waals surface area contributed by atoms with Crippen molar-refractivity contribution in [1.82, 2.24) is 30.4 Å². The number of nitrogens with zero attached hydrogens (tertiary/aromatic N) is 4. The molecule has 0 unspecified atom stereocenters. The van der Waals surface area contributed by atoms with E-state index in [1.165, 1.54) is 10.7 Å². The quantitative estimate of drug-likeness (QED) is 0.307. The lowest BCUT2D eigenvalue weighted by Crippen LogP contribution is -2.33. The molecule has 0 aliphatic heterocycles. The van der Waals surface area contributed by atoms with Gasteiger partial charge in [0.25, 0.3) is 5.91 Å². The third kappa shape index (κ3) is 6.63. The zero-order valence-corrected chi connectivity index (χ0v) is 18.9. The minimum atomic E-state index is -4.65. The van der Waals surface area contributed by atoms with Crippen LogP contribution in [-0.2, 0) is 24.1 Å². The molecule has 0 aliphatic rings. The molecule has 0 atom stereocenters. The SMILES string of the molecule is O=C(Cn1cc2cc(NC(=O)c3cccc(C(F)(F)F)n3)ccc2n1)NCCNCc1ccncc1. The van der Waals surface area contributed by atoms with E-state index >= 15 is 0 Å². The summed E-state index contributed by atoms with van der Waals surface area (Å²) in [5.41, 5.74) is 0.552. The number of fused-ring (bicyclic) bond motifs is 1. The second-order valence-corrected chi connectivity index (χ2v) is 7.84. The first kappa shape index (κ1) is 24.8. The lowest BCUT2D eigenvalue weighted by Gasteiger charge is -2.08. The summed E-state index contributed by atoms with van der Waals surface area (Å²) in [4.78, 5) is 32.0. The molecule has 3 aromatic heterocycles. The van der Waals surface area contributed by atoms with Gasteiger partial charge >= 0.3 is 6.18 Å². The van der Waals surface area contributed by atoms with E-state index < -0.39 is 17.8 Å². The summed E-state index contributed by atoms with van der Waals surface area (Å²) in [5, 5.41) is 13.6. The van der Waals surface area contributed by atoms with Crippen LogP contribution in [0.5, 0.6) is 0 Å². The predicted octanol–water partition coefficient (Wildman–Crippen LogP) is 3.00. The Kier molecular flexibility index (Phi) is 7.54. The zero-order valence-electron chi connectivity index (χ0n) is 18.9. The largest absolute Gasteiger partial charge is 0.433 e. The highest BCUT2D eigenvalue weighted by Gasteiger charge is 2.32. The van der Waals surface area contributed by atoms with Gasteiger partial charge in [-0.3, -0.25) is 19.3 Å². The molecule has 0 saturated carbocycles. The standard InChI is InChI=1S/C24H22F3N7O2/c25-24(26,27)21-3-1-2-20(32-21)23(36)31-18-4-5-19-17(12-18)14-34(33-19)15-22(35)30-11-10-29-13-16-6-8-28-9-7-16/h1-9,12,14,29H,10-11,13,15H2,(H,30,35)(H,31,36). The number of hydrogen-bond acceptors (Lipinski definition) is 6. The molecular weight excluding hydrogens is 475 g/mol. The van der Waals surface area contributed by atoms with Gasteiger partial charge in [-0.25, -0.2) is 4.98 Å². The molecular formula is C24H22F3N7O2. The third-order valence-corrected chi connectivity index (χ3v) is 5.09. The summed E-state index contributed by atoms with van der Waals surface area (Å²) in [6.45, 7) is 1.73. The molecule has 1 aromatic carbocycles. The van der Waals surface area contributed by atoms with E-state index in [0.717, 1.165) is 17.7 Å². The van der Waals surface area contributed by atoms with Gasteiger partial charge in [-0.2, -0.15) is 18.3 Å². The van der Waals surface area contributed by atoms with Gasteiger partial charge < -0.3 is 16.0 Å². The number of carbonyl (C=O) groups excluding carboxylic acids is 2. The van der Waals surface area contributed by atoms with Crippen molar-refractivity contribution in [2.24, 2.45) is 0 Å². The monoisotopic (exact) mass is 497 g/mol. The number of pyridine rings is 2. The van der Waals surface area contributed by atoms with Crippen molar-refractivity contribution in [3.8, 4) is 0 Å². The molecule has 0 radical (unpaired) electrons. The molecule has 0 aliphatic carbocycles. The molecule has 4 rings (SSSR count). The molecule has 9 nitrogen and oxygen atoms in total. The number of halogens is 3. The van der Waals surface area contributed by atoms with Gasteiger partial charge in [0.15, 0.2) is 0 Å². The van der Waals surface area contributed by atoms with Crippen LogP contribution in [0, 0.1) is 0 Å². The average Bonchev–Trinajstić information content (AvgIpc) is 3.25. The van der Waals surface area contributed by atoms with E-state index in [9.17, 15) is 22.8 Å². The topological polar surface area (TPSA) is 114 Å². The fraction of sp³-hybridized carbons (Fsp3) is 0.208. The summed E-state index contributed by atoms with van der Waals surface area (Å²) in [7, 11) is 0. The van der Waals surface area contributed by atoms with Crippen molar-refractivity contribution >= 4 is 28.4 Å². The van der Waals surface area contributed by atoms with E-state index in [1.54, 1.807) is 36.8 Å². The Balaban J connectivity index is 1.29. The Hall–Kier alpha value is -4.32. The van der Waals surface area contributed by atoms with Gasteiger partial charge in [-0.05, 0) is 48.0 Å². The Morgan fingerprint density at radius 1 is 1.00 bits per heavy atom. The molecule has 0 saturated heterocycles. The van der Waals surface area contributed by atoms with Crippen molar-refractivity contribution in [3.63, 3.8) is 0 Å². The Bertz CT molecular complexity index is 1360. The van der Waals surface area contributed by atoms with Crippen LogP contribution in [0.15, 0.2) is 67.1 Å². The first-order valence-electron chi connectivity index (χ1n) is 11.0. The number of amides is 2. The molecule has 2 amide bonds. The Labute approximate surface area is 203 Å².